The van der Waals surface area contributed by atoms with Gasteiger partial charge in [-0.3, -0.25) is 9.69 Å². The highest BCUT2D eigenvalue weighted by molar-refractivity contribution is 6.30. The summed E-state index contributed by atoms with van der Waals surface area (Å²) >= 11 is 5.77. The molecule has 1 aromatic carbocycles. The Kier molecular flexibility index (Phi) is 6.69. The molecule has 1 aromatic rings. The second kappa shape index (κ2) is 9.30. The number of nitrogens with zero attached hydrogens (tertiary/aromatic N) is 3. The van der Waals surface area contributed by atoms with E-state index < -0.39 is 5.82 Å². The lowest BCUT2D eigenvalue weighted by atomic mass is 9.81. The molecule has 0 radical (unpaired) electrons. The molecule has 0 bridgehead atoms. The third kappa shape index (κ3) is 4.52. The van der Waals surface area contributed by atoms with Crippen molar-refractivity contribution in [2.75, 3.05) is 33.3 Å². The molecule has 31 heavy (non-hydrogen) atoms. The molecule has 1 aliphatic carbocycles. The van der Waals surface area contributed by atoms with Gasteiger partial charge in [0.25, 0.3) is 0 Å². The van der Waals surface area contributed by atoms with Gasteiger partial charge in [-0.1, -0.05) is 17.7 Å². The molecule has 1 N–H and O–H groups in total. The largest absolute Gasteiger partial charge is 0.453 e. The number of β-amino-alcohol motifs (C(OH)–C–C–N with tert-alkyl or cyclic N) is 1. The van der Waals surface area contributed by atoms with Gasteiger partial charge in [0, 0.05) is 32.2 Å². The molecule has 3 aliphatic rings. The summed E-state index contributed by atoms with van der Waals surface area (Å²) < 4.78 is 18.9. The number of fused-ring (bicyclic) bond motifs is 1. The summed E-state index contributed by atoms with van der Waals surface area (Å²) in [6.45, 7) is 2.16. The van der Waals surface area contributed by atoms with Gasteiger partial charge in [0.2, 0.25) is 5.91 Å². The third-order valence-electron chi connectivity index (χ3n) is 6.86. The maximum atomic E-state index is 13.9. The molecule has 7 nitrogen and oxygen atoms in total. The highest BCUT2D eigenvalue weighted by Crippen LogP contribution is 2.35. The summed E-state index contributed by atoms with van der Waals surface area (Å²) in [6, 6.07) is 4.18. The van der Waals surface area contributed by atoms with E-state index in [0.717, 1.165) is 25.8 Å². The number of methoxy groups -OCH3 is 1. The van der Waals surface area contributed by atoms with Gasteiger partial charge in [0.05, 0.1) is 36.7 Å². The highest BCUT2D eigenvalue weighted by Gasteiger charge is 2.49. The van der Waals surface area contributed by atoms with E-state index in [-0.39, 0.29) is 47.7 Å². The maximum absolute atomic E-state index is 13.9. The van der Waals surface area contributed by atoms with Crippen molar-refractivity contribution in [3.63, 3.8) is 0 Å². The number of piperazine rings is 1. The first-order valence-electron chi connectivity index (χ1n) is 10.9. The van der Waals surface area contributed by atoms with E-state index in [2.05, 4.69) is 4.90 Å². The second-order valence-electron chi connectivity index (χ2n) is 8.67. The third-order valence-corrected chi connectivity index (χ3v) is 7.17. The minimum Gasteiger partial charge on any atom is -0.453 e. The van der Waals surface area contributed by atoms with Crippen molar-refractivity contribution >= 4 is 23.6 Å². The van der Waals surface area contributed by atoms with Crippen LogP contribution in [0, 0.1) is 5.82 Å². The fourth-order valence-electron chi connectivity index (χ4n) is 5.45. The molecular weight excluding hydrogens is 425 g/mol. The molecule has 0 aromatic heterocycles. The molecule has 170 valence electrons. The first-order valence-corrected chi connectivity index (χ1v) is 11.3. The molecule has 1 saturated carbocycles. The Morgan fingerprint density at radius 3 is 2.58 bits per heavy atom. The smallest absolute Gasteiger partial charge is 0.409 e. The molecule has 4 rings (SSSR count). The zero-order valence-corrected chi connectivity index (χ0v) is 18.4. The topological polar surface area (TPSA) is 73.3 Å². The van der Waals surface area contributed by atoms with Gasteiger partial charge in [0.1, 0.15) is 5.82 Å². The van der Waals surface area contributed by atoms with Crippen molar-refractivity contribution in [2.45, 2.75) is 56.3 Å². The molecule has 2 heterocycles. The minimum atomic E-state index is -0.540. The monoisotopic (exact) mass is 453 g/mol. The Morgan fingerprint density at radius 1 is 1.16 bits per heavy atom. The zero-order valence-electron chi connectivity index (χ0n) is 17.7. The van der Waals surface area contributed by atoms with Crippen LogP contribution in [0.4, 0.5) is 9.18 Å². The molecule has 2 saturated heterocycles. The molecule has 9 heteroatoms. The summed E-state index contributed by atoms with van der Waals surface area (Å²) in [4.78, 5) is 31.7. The molecule has 2 aliphatic heterocycles. The predicted octanol–water partition coefficient (Wildman–Crippen LogP) is 2.29. The van der Waals surface area contributed by atoms with Crippen LogP contribution in [0.15, 0.2) is 18.2 Å². The number of aliphatic hydroxyl groups excluding tert-OH is 1. The summed E-state index contributed by atoms with van der Waals surface area (Å²) in [5.41, 5.74) is 0.572. The highest BCUT2D eigenvalue weighted by atomic mass is 35.5. The van der Waals surface area contributed by atoms with Gasteiger partial charge >= 0.3 is 6.09 Å². The zero-order chi connectivity index (χ0) is 22.1. The first-order chi connectivity index (χ1) is 14.9. The first kappa shape index (κ1) is 22.3. The molecule has 0 spiro atoms. The van der Waals surface area contributed by atoms with E-state index in [1.165, 1.54) is 19.2 Å². The van der Waals surface area contributed by atoms with Crippen molar-refractivity contribution in [3.05, 3.63) is 34.6 Å². The number of aliphatic hydroxyl groups is 1. The van der Waals surface area contributed by atoms with Crippen LogP contribution >= 0.6 is 11.6 Å². The molecule has 0 unspecified atom stereocenters. The molecule has 3 fully saturated rings. The Morgan fingerprint density at radius 2 is 1.90 bits per heavy atom. The minimum absolute atomic E-state index is 0.0305. The van der Waals surface area contributed by atoms with Crippen molar-refractivity contribution < 1.29 is 23.8 Å². The summed E-state index contributed by atoms with van der Waals surface area (Å²) in [5, 5.41) is 10.1. The normalized spacial score (nSPS) is 29.0. The Bertz CT molecular complexity index is 841. The van der Waals surface area contributed by atoms with Crippen LogP contribution in [0.25, 0.3) is 0 Å². The molecular formula is C22H29ClFN3O4. The van der Waals surface area contributed by atoms with E-state index in [0.29, 0.717) is 31.6 Å². The number of ether oxygens (including phenoxy) is 1. The number of hydrogen-bond acceptors (Lipinski definition) is 5. The van der Waals surface area contributed by atoms with Gasteiger partial charge in [-0.15, -0.1) is 0 Å². The van der Waals surface area contributed by atoms with E-state index in [1.807, 2.05) is 4.90 Å². The van der Waals surface area contributed by atoms with Crippen LogP contribution in [0.2, 0.25) is 5.02 Å². The van der Waals surface area contributed by atoms with E-state index >= 15 is 0 Å². The SMILES string of the molecule is COC(=O)N1CCN(C(=O)Cc2ccc(Cl)c(F)c2)[C@@H]2[C@@H](N3CC[C@H](O)C3)CCC[C@@H]21. The Labute approximate surface area is 186 Å². The number of amides is 2. The van der Waals surface area contributed by atoms with Gasteiger partial charge < -0.3 is 19.6 Å². The number of likely N-dealkylation sites (tertiary alicyclic amines) is 1. The van der Waals surface area contributed by atoms with Crippen molar-refractivity contribution in [2.24, 2.45) is 0 Å². The van der Waals surface area contributed by atoms with Crippen LogP contribution in [0.5, 0.6) is 0 Å². The summed E-state index contributed by atoms with van der Waals surface area (Å²) in [6.07, 6.45) is 2.70. The quantitative estimate of drug-likeness (QED) is 0.760. The van der Waals surface area contributed by atoms with Crippen LogP contribution in [-0.4, -0.2) is 89.3 Å². The Hall–Kier alpha value is -1.90. The average molecular weight is 454 g/mol. The molecule has 4 atom stereocenters. The van der Waals surface area contributed by atoms with E-state index in [4.69, 9.17) is 16.3 Å². The fourth-order valence-corrected chi connectivity index (χ4v) is 5.57. The van der Waals surface area contributed by atoms with Crippen LogP contribution in [0.1, 0.15) is 31.2 Å². The fraction of sp³-hybridized carbons (Fsp3) is 0.636. The predicted molar refractivity (Wildman–Crippen MR) is 113 cm³/mol. The number of rotatable bonds is 3. The summed E-state index contributed by atoms with van der Waals surface area (Å²) in [7, 11) is 1.38. The number of carbonyl (C=O) groups is 2. The number of benzene rings is 1. The number of halogens is 2. The van der Waals surface area contributed by atoms with Crippen LogP contribution in [-0.2, 0) is 16.0 Å². The lowest BCUT2D eigenvalue weighted by molar-refractivity contribution is -0.142. The summed E-state index contributed by atoms with van der Waals surface area (Å²) in [5.74, 6) is -0.630. The van der Waals surface area contributed by atoms with E-state index in [1.54, 1.807) is 11.0 Å². The van der Waals surface area contributed by atoms with Gasteiger partial charge in [-0.05, 0) is 43.4 Å². The second-order valence-corrected chi connectivity index (χ2v) is 9.08. The van der Waals surface area contributed by atoms with Gasteiger partial charge in [-0.25, -0.2) is 9.18 Å². The van der Waals surface area contributed by atoms with Crippen LogP contribution < -0.4 is 0 Å². The van der Waals surface area contributed by atoms with Crippen LogP contribution in [0.3, 0.4) is 0 Å². The van der Waals surface area contributed by atoms with Crippen molar-refractivity contribution in [3.8, 4) is 0 Å². The Balaban J connectivity index is 1.60. The lowest BCUT2D eigenvalue weighted by Crippen LogP contribution is -2.69. The van der Waals surface area contributed by atoms with Gasteiger partial charge in [0.15, 0.2) is 0 Å². The lowest BCUT2D eigenvalue weighted by Gasteiger charge is -2.54. The van der Waals surface area contributed by atoms with Gasteiger partial charge in [-0.2, -0.15) is 0 Å². The van der Waals surface area contributed by atoms with E-state index in [9.17, 15) is 19.1 Å². The molecule has 2 amide bonds. The number of carbonyl (C=O) groups excluding carboxylic acids is 2. The standard InChI is InChI=1S/C22H29ClFN3O4/c1-31-22(30)26-9-10-27(20(29)12-14-5-6-16(23)17(24)11-14)21-18(3-2-4-19(21)26)25-8-7-15(28)13-25/h5-6,11,15,18-19,21,28H,2-4,7-10,12-13H2,1H3/t15-,18-,19-,21+/m0/s1. The van der Waals surface area contributed by atoms with Crippen molar-refractivity contribution in [1.82, 2.24) is 14.7 Å². The maximum Gasteiger partial charge on any atom is 0.409 e. The average Bonchev–Trinajstić information content (AvgIpc) is 3.20. The number of hydrogen-bond donors (Lipinski definition) is 1. The van der Waals surface area contributed by atoms with Crippen molar-refractivity contribution in [1.29, 1.82) is 0 Å².